The van der Waals surface area contributed by atoms with E-state index in [2.05, 4.69) is 23.6 Å². The van der Waals surface area contributed by atoms with Crippen molar-refractivity contribution in [2.45, 2.75) is 82.8 Å². The molecular formula is C22H31FN2O. The molecule has 142 valence electrons. The van der Waals surface area contributed by atoms with Crippen molar-refractivity contribution in [3.05, 3.63) is 30.1 Å². The van der Waals surface area contributed by atoms with Gasteiger partial charge in [-0.3, -0.25) is 4.79 Å². The zero-order valence-electron chi connectivity index (χ0n) is 16.1. The molecule has 1 aromatic rings. The van der Waals surface area contributed by atoms with Crippen molar-refractivity contribution in [2.75, 3.05) is 11.4 Å². The Morgan fingerprint density at radius 1 is 1.08 bits per heavy atom. The number of fused-ring (bicyclic) bond motifs is 1. The lowest BCUT2D eigenvalue weighted by molar-refractivity contribution is -0.135. The summed E-state index contributed by atoms with van der Waals surface area (Å²) in [4.78, 5) is 17.7. The lowest BCUT2D eigenvalue weighted by atomic mass is 9.92. The molecule has 2 heterocycles. The van der Waals surface area contributed by atoms with E-state index in [0.29, 0.717) is 17.9 Å². The lowest BCUT2D eigenvalue weighted by Gasteiger charge is -2.42. The van der Waals surface area contributed by atoms with Gasteiger partial charge in [-0.1, -0.05) is 12.8 Å². The van der Waals surface area contributed by atoms with Crippen LogP contribution in [0.3, 0.4) is 0 Å². The number of likely N-dealkylation sites (tertiary alicyclic amines) is 1. The van der Waals surface area contributed by atoms with Crippen molar-refractivity contribution in [3.63, 3.8) is 0 Å². The summed E-state index contributed by atoms with van der Waals surface area (Å²) in [5, 5.41) is 0. The molecular weight excluding hydrogens is 327 g/mol. The summed E-state index contributed by atoms with van der Waals surface area (Å²) in [6.07, 6.45) is 8.92. The second kappa shape index (κ2) is 6.86. The van der Waals surface area contributed by atoms with Crippen LogP contribution < -0.4 is 4.90 Å². The third-order valence-electron chi connectivity index (χ3n) is 6.80. The van der Waals surface area contributed by atoms with Gasteiger partial charge in [-0.25, -0.2) is 4.39 Å². The van der Waals surface area contributed by atoms with Crippen LogP contribution in [0.2, 0.25) is 0 Å². The Labute approximate surface area is 156 Å². The molecule has 2 atom stereocenters. The van der Waals surface area contributed by atoms with E-state index in [1.54, 1.807) is 12.1 Å². The first-order valence-corrected chi connectivity index (χ1v) is 10.3. The van der Waals surface area contributed by atoms with E-state index in [4.69, 9.17) is 0 Å². The molecule has 3 nitrogen and oxygen atoms in total. The molecule has 3 fully saturated rings. The average molecular weight is 359 g/mol. The summed E-state index contributed by atoms with van der Waals surface area (Å²) >= 11 is 0. The maximum atomic E-state index is 13.4. The molecule has 1 aromatic carbocycles. The predicted molar refractivity (Wildman–Crippen MR) is 103 cm³/mol. The second-order valence-electron chi connectivity index (χ2n) is 9.08. The zero-order chi connectivity index (χ0) is 18.3. The number of rotatable bonds is 3. The molecule has 1 saturated carbocycles. The van der Waals surface area contributed by atoms with Crippen LogP contribution >= 0.6 is 0 Å². The molecule has 0 unspecified atom stereocenters. The molecule has 2 saturated heterocycles. The number of anilines is 1. The van der Waals surface area contributed by atoms with Gasteiger partial charge in [0.1, 0.15) is 5.82 Å². The highest BCUT2D eigenvalue weighted by Gasteiger charge is 2.50. The third-order valence-corrected chi connectivity index (χ3v) is 6.80. The van der Waals surface area contributed by atoms with Crippen LogP contribution in [0, 0.1) is 11.7 Å². The number of nitrogens with zero attached hydrogens (tertiary/aromatic N) is 2. The minimum Gasteiger partial charge on any atom is -0.361 e. The van der Waals surface area contributed by atoms with Crippen molar-refractivity contribution >= 4 is 11.6 Å². The second-order valence-corrected chi connectivity index (χ2v) is 9.08. The van der Waals surface area contributed by atoms with Gasteiger partial charge in [0.15, 0.2) is 0 Å². The first kappa shape index (κ1) is 17.8. The van der Waals surface area contributed by atoms with E-state index >= 15 is 0 Å². The first-order chi connectivity index (χ1) is 12.5. The Morgan fingerprint density at radius 3 is 2.46 bits per heavy atom. The maximum absolute atomic E-state index is 13.4. The van der Waals surface area contributed by atoms with Crippen LogP contribution in [-0.4, -0.2) is 35.0 Å². The van der Waals surface area contributed by atoms with Crippen LogP contribution in [0.4, 0.5) is 10.1 Å². The summed E-state index contributed by atoms with van der Waals surface area (Å²) in [5.41, 5.74) is 1.05. The number of hydrogen-bond acceptors (Lipinski definition) is 2. The quantitative estimate of drug-likeness (QED) is 0.778. The largest absolute Gasteiger partial charge is 0.361 e. The molecule has 0 spiro atoms. The Morgan fingerprint density at radius 2 is 1.77 bits per heavy atom. The van der Waals surface area contributed by atoms with Crippen molar-refractivity contribution in [1.29, 1.82) is 0 Å². The van der Waals surface area contributed by atoms with Crippen molar-refractivity contribution < 1.29 is 9.18 Å². The van der Waals surface area contributed by atoms with Gasteiger partial charge in [0.25, 0.3) is 0 Å². The third kappa shape index (κ3) is 3.23. The van der Waals surface area contributed by atoms with Gasteiger partial charge >= 0.3 is 0 Å². The molecule has 0 radical (unpaired) electrons. The lowest BCUT2D eigenvalue weighted by Crippen LogP contribution is -2.53. The topological polar surface area (TPSA) is 23.6 Å². The summed E-state index contributed by atoms with van der Waals surface area (Å²) in [7, 11) is 0. The fraction of sp³-hybridized carbons (Fsp3) is 0.682. The molecule has 26 heavy (non-hydrogen) atoms. The number of amides is 1. The molecule has 3 aliphatic rings. The molecule has 2 aliphatic heterocycles. The summed E-state index contributed by atoms with van der Waals surface area (Å²) in [6.45, 7) is 5.42. The first-order valence-electron chi connectivity index (χ1n) is 10.3. The van der Waals surface area contributed by atoms with E-state index in [9.17, 15) is 9.18 Å². The average Bonchev–Trinajstić information content (AvgIpc) is 3.19. The minimum absolute atomic E-state index is 0.0244. The highest BCUT2D eigenvalue weighted by atomic mass is 19.1. The maximum Gasteiger partial charge on any atom is 0.223 e. The van der Waals surface area contributed by atoms with Crippen molar-refractivity contribution in [3.8, 4) is 0 Å². The van der Waals surface area contributed by atoms with E-state index in [1.807, 2.05) is 12.1 Å². The van der Waals surface area contributed by atoms with Gasteiger partial charge < -0.3 is 9.80 Å². The van der Waals surface area contributed by atoms with Crippen LogP contribution in [-0.2, 0) is 4.79 Å². The molecule has 0 bridgehead atoms. The number of halogens is 1. The highest BCUT2D eigenvalue weighted by molar-refractivity contribution is 5.77. The smallest absolute Gasteiger partial charge is 0.223 e. The van der Waals surface area contributed by atoms with Gasteiger partial charge in [0.2, 0.25) is 5.91 Å². The van der Waals surface area contributed by atoms with Gasteiger partial charge in [-0.15, -0.1) is 0 Å². The van der Waals surface area contributed by atoms with Crippen molar-refractivity contribution in [2.24, 2.45) is 5.92 Å². The van der Waals surface area contributed by atoms with Gasteiger partial charge in [-0.2, -0.15) is 0 Å². The van der Waals surface area contributed by atoms with Gasteiger partial charge in [-0.05, 0) is 76.1 Å². The van der Waals surface area contributed by atoms with Gasteiger partial charge in [0, 0.05) is 24.2 Å². The number of piperidine rings is 1. The summed E-state index contributed by atoms with van der Waals surface area (Å²) in [5.74, 6) is 0.771. The predicted octanol–water partition coefficient (Wildman–Crippen LogP) is 4.75. The summed E-state index contributed by atoms with van der Waals surface area (Å²) < 4.78 is 13.4. The van der Waals surface area contributed by atoms with E-state index in [1.165, 1.54) is 25.7 Å². The fourth-order valence-electron chi connectivity index (χ4n) is 5.67. The Bertz CT molecular complexity index is 651. The van der Waals surface area contributed by atoms with Crippen LogP contribution in [0.15, 0.2) is 24.3 Å². The van der Waals surface area contributed by atoms with Crippen LogP contribution in [0.1, 0.15) is 65.2 Å². The fourth-order valence-corrected chi connectivity index (χ4v) is 5.67. The number of carbonyl (C=O) groups is 1. The van der Waals surface area contributed by atoms with Gasteiger partial charge in [0.05, 0.1) is 12.1 Å². The van der Waals surface area contributed by atoms with Crippen molar-refractivity contribution in [1.82, 2.24) is 4.90 Å². The van der Waals surface area contributed by atoms with E-state index in [-0.39, 0.29) is 17.4 Å². The monoisotopic (exact) mass is 358 g/mol. The number of hydrogen-bond donors (Lipinski definition) is 0. The standard InChI is InChI=1S/C22H31FN2O/c1-22(2)15-20-19(25(22)18-11-9-17(23)10-12-18)8-5-13-24(20)21(26)14-16-6-3-4-7-16/h9-12,16,19-20H,3-8,13-15H2,1-2H3/t19-,20-/m0/s1. The number of carbonyl (C=O) groups excluding carboxylic acids is 1. The molecule has 4 heteroatoms. The normalized spacial score (nSPS) is 28.4. The number of benzene rings is 1. The molecule has 0 N–H and O–H groups in total. The Balaban J connectivity index is 1.55. The Kier molecular flexibility index (Phi) is 4.70. The summed E-state index contributed by atoms with van der Waals surface area (Å²) in [6, 6.07) is 7.50. The van der Waals surface area contributed by atoms with Crippen LogP contribution in [0.25, 0.3) is 0 Å². The molecule has 4 rings (SSSR count). The van der Waals surface area contributed by atoms with E-state index < -0.39 is 0 Å². The minimum atomic E-state index is -0.195. The van der Waals surface area contributed by atoms with E-state index in [0.717, 1.165) is 37.9 Å². The molecule has 1 amide bonds. The Hall–Kier alpha value is -1.58. The molecule has 0 aromatic heterocycles. The highest BCUT2D eigenvalue weighted by Crippen LogP contribution is 2.44. The SMILES string of the molecule is CC1(C)C[C@H]2[C@H](CCCN2C(=O)CC2CCCC2)N1c1ccc(F)cc1. The zero-order valence-corrected chi connectivity index (χ0v) is 16.1. The molecule has 1 aliphatic carbocycles. The van der Waals surface area contributed by atoms with Crippen LogP contribution in [0.5, 0.6) is 0 Å².